The van der Waals surface area contributed by atoms with Crippen LogP contribution in [-0.2, 0) is 6.54 Å². The molecule has 1 fully saturated rings. The van der Waals surface area contributed by atoms with Crippen molar-refractivity contribution in [2.75, 3.05) is 25.1 Å². The van der Waals surface area contributed by atoms with Gasteiger partial charge in [0.2, 0.25) is 0 Å². The normalized spacial score (nSPS) is 20.8. The van der Waals surface area contributed by atoms with Crippen molar-refractivity contribution in [1.82, 2.24) is 20.0 Å². The Morgan fingerprint density at radius 1 is 1.53 bits per heavy atom. The van der Waals surface area contributed by atoms with Crippen molar-refractivity contribution < 1.29 is 4.52 Å². The van der Waals surface area contributed by atoms with Gasteiger partial charge in [-0.15, -0.1) is 11.3 Å². The van der Waals surface area contributed by atoms with E-state index in [2.05, 4.69) is 27.1 Å². The Kier molecular flexibility index (Phi) is 3.83. The third kappa shape index (κ3) is 2.66. The molecule has 1 unspecified atom stereocenters. The molecule has 0 spiro atoms. The van der Waals surface area contributed by atoms with Crippen molar-refractivity contribution in [3.8, 4) is 11.6 Å². The van der Waals surface area contributed by atoms with Gasteiger partial charge in [-0.1, -0.05) is 5.16 Å². The van der Waals surface area contributed by atoms with Crippen LogP contribution in [0.25, 0.3) is 11.6 Å². The predicted octanol–water partition coefficient (Wildman–Crippen LogP) is 1.37. The molecule has 2 aromatic heterocycles. The van der Waals surface area contributed by atoms with E-state index in [0.29, 0.717) is 12.4 Å². The molecule has 0 radical (unpaired) electrons. The molecule has 8 heteroatoms. The van der Waals surface area contributed by atoms with Crippen molar-refractivity contribution in [3.63, 3.8) is 0 Å². The van der Waals surface area contributed by atoms with Crippen molar-refractivity contribution in [2.45, 2.75) is 12.6 Å². The SMILES string of the molecule is CN1CCSCC1c1noc(-c2csc(CN)n2)n1. The van der Waals surface area contributed by atoms with Crippen molar-refractivity contribution in [3.05, 3.63) is 16.2 Å². The second-order valence-electron chi connectivity index (χ2n) is 4.36. The number of thiazole rings is 1. The van der Waals surface area contributed by atoms with Crippen LogP contribution < -0.4 is 5.73 Å². The van der Waals surface area contributed by atoms with Gasteiger partial charge in [-0.3, -0.25) is 4.90 Å². The summed E-state index contributed by atoms with van der Waals surface area (Å²) >= 11 is 3.43. The zero-order valence-electron chi connectivity index (χ0n) is 10.6. The number of nitrogens with zero attached hydrogens (tertiary/aromatic N) is 4. The number of aromatic nitrogens is 3. The van der Waals surface area contributed by atoms with Gasteiger partial charge in [0, 0.05) is 30.0 Å². The Bertz CT molecular complexity index is 555. The fraction of sp³-hybridized carbons (Fsp3) is 0.545. The summed E-state index contributed by atoms with van der Waals surface area (Å²) < 4.78 is 5.32. The van der Waals surface area contributed by atoms with Crippen molar-refractivity contribution >= 4 is 23.1 Å². The Hall–Kier alpha value is -0.960. The molecule has 6 nitrogen and oxygen atoms in total. The van der Waals surface area contributed by atoms with Crippen LogP contribution in [0, 0.1) is 0 Å². The predicted molar refractivity (Wildman–Crippen MR) is 76.0 cm³/mol. The molecule has 102 valence electrons. The molecule has 19 heavy (non-hydrogen) atoms. The minimum atomic E-state index is 0.226. The molecule has 0 aliphatic carbocycles. The van der Waals surface area contributed by atoms with Gasteiger partial charge in [0.25, 0.3) is 5.89 Å². The highest BCUT2D eigenvalue weighted by Crippen LogP contribution is 2.28. The maximum absolute atomic E-state index is 5.55. The molecule has 0 bridgehead atoms. The molecule has 0 aromatic carbocycles. The van der Waals surface area contributed by atoms with Gasteiger partial charge < -0.3 is 10.3 Å². The van der Waals surface area contributed by atoms with Crippen molar-refractivity contribution in [2.24, 2.45) is 5.73 Å². The fourth-order valence-corrected chi connectivity index (χ4v) is 3.79. The van der Waals surface area contributed by atoms with Gasteiger partial charge >= 0.3 is 0 Å². The van der Waals surface area contributed by atoms with E-state index in [9.17, 15) is 0 Å². The molecule has 1 aliphatic rings. The van der Waals surface area contributed by atoms with E-state index < -0.39 is 0 Å². The minimum absolute atomic E-state index is 0.226. The Morgan fingerprint density at radius 2 is 2.42 bits per heavy atom. The molecule has 1 saturated heterocycles. The maximum atomic E-state index is 5.55. The minimum Gasteiger partial charge on any atom is -0.332 e. The number of thioether (sulfide) groups is 1. The molecule has 0 saturated carbocycles. The summed E-state index contributed by atoms with van der Waals surface area (Å²) in [6, 6.07) is 0.226. The molecule has 2 aromatic rings. The topological polar surface area (TPSA) is 81.1 Å². The first-order chi connectivity index (χ1) is 9.28. The first-order valence-corrected chi connectivity index (χ1v) is 8.08. The summed E-state index contributed by atoms with van der Waals surface area (Å²) in [6.45, 7) is 1.49. The van der Waals surface area contributed by atoms with Crippen LogP contribution in [0.15, 0.2) is 9.90 Å². The van der Waals surface area contributed by atoms with Crippen LogP contribution in [-0.4, -0.2) is 45.1 Å². The lowest BCUT2D eigenvalue weighted by molar-refractivity contribution is 0.257. The highest BCUT2D eigenvalue weighted by Gasteiger charge is 2.26. The number of rotatable bonds is 3. The van der Waals surface area contributed by atoms with Crippen LogP contribution in [0.1, 0.15) is 16.9 Å². The van der Waals surface area contributed by atoms with Crippen LogP contribution in [0.4, 0.5) is 0 Å². The summed E-state index contributed by atoms with van der Waals surface area (Å²) in [5, 5.41) is 6.87. The second kappa shape index (κ2) is 5.58. The zero-order chi connectivity index (χ0) is 13.2. The molecule has 1 aliphatic heterocycles. The standard InChI is InChI=1S/C11H15N5OS2/c1-16-2-3-18-6-8(16)10-14-11(17-15-10)7-5-19-9(4-12)13-7/h5,8H,2-4,6,12H2,1H3. The van der Waals surface area contributed by atoms with Gasteiger partial charge in [-0.05, 0) is 7.05 Å². The van der Waals surface area contributed by atoms with Gasteiger partial charge in [0.1, 0.15) is 10.7 Å². The van der Waals surface area contributed by atoms with Gasteiger partial charge in [-0.2, -0.15) is 16.7 Å². The first kappa shape index (κ1) is 13.0. The van der Waals surface area contributed by atoms with Gasteiger partial charge in [-0.25, -0.2) is 4.98 Å². The summed E-state index contributed by atoms with van der Waals surface area (Å²) in [5.41, 5.74) is 6.27. The summed E-state index contributed by atoms with van der Waals surface area (Å²) in [4.78, 5) is 11.1. The van der Waals surface area contributed by atoms with E-state index in [1.165, 1.54) is 11.3 Å². The number of hydrogen-bond donors (Lipinski definition) is 1. The Balaban J connectivity index is 1.82. The highest BCUT2D eigenvalue weighted by molar-refractivity contribution is 7.99. The molecule has 3 heterocycles. The molecule has 2 N–H and O–H groups in total. The lowest BCUT2D eigenvalue weighted by Crippen LogP contribution is -2.33. The molecule has 0 amide bonds. The monoisotopic (exact) mass is 297 g/mol. The summed E-state index contributed by atoms with van der Waals surface area (Å²) in [5.74, 6) is 3.38. The number of nitrogens with two attached hydrogens (primary N) is 1. The summed E-state index contributed by atoms with van der Waals surface area (Å²) in [6.07, 6.45) is 0. The smallest absolute Gasteiger partial charge is 0.277 e. The van der Waals surface area contributed by atoms with Crippen molar-refractivity contribution in [1.29, 1.82) is 0 Å². The average molecular weight is 297 g/mol. The third-order valence-electron chi connectivity index (χ3n) is 3.08. The van der Waals surface area contributed by atoms with E-state index >= 15 is 0 Å². The van der Waals surface area contributed by atoms with E-state index in [0.717, 1.165) is 34.6 Å². The second-order valence-corrected chi connectivity index (χ2v) is 6.45. The lowest BCUT2D eigenvalue weighted by atomic mass is 10.3. The Morgan fingerprint density at radius 3 is 3.16 bits per heavy atom. The van der Waals surface area contributed by atoms with E-state index in [-0.39, 0.29) is 6.04 Å². The lowest BCUT2D eigenvalue weighted by Gasteiger charge is -2.29. The van der Waals surface area contributed by atoms with Gasteiger partial charge in [0.05, 0.1) is 6.04 Å². The molecular weight excluding hydrogens is 282 g/mol. The quantitative estimate of drug-likeness (QED) is 0.916. The number of hydrogen-bond acceptors (Lipinski definition) is 8. The van der Waals surface area contributed by atoms with Crippen LogP contribution >= 0.6 is 23.1 Å². The molecule has 1 atom stereocenters. The zero-order valence-corrected chi connectivity index (χ0v) is 12.2. The van der Waals surface area contributed by atoms with E-state index in [4.69, 9.17) is 10.3 Å². The molecule has 3 rings (SSSR count). The largest absolute Gasteiger partial charge is 0.332 e. The van der Waals surface area contributed by atoms with Crippen LogP contribution in [0.2, 0.25) is 0 Å². The average Bonchev–Trinajstić information content (AvgIpc) is 3.08. The maximum Gasteiger partial charge on any atom is 0.277 e. The fourth-order valence-electron chi connectivity index (χ4n) is 1.94. The highest BCUT2D eigenvalue weighted by atomic mass is 32.2. The van der Waals surface area contributed by atoms with E-state index in [1.54, 1.807) is 0 Å². The molecular formula is C11H15N5OS2. The van der Waals surface area contributed by atoms with E-state index in [1.807, 2.05) is 17.1 Å². The van der Waals surface area contributed by atoms with Crippen LogP contribution in [0.5, 0.6) is 0 Å². The summed E-state index contributed by atoms with van der Waals surface area (Å²) in [7, 11) is 2.09. The Labute approximate surface area is 119 Å². The third-order valence-corrected chi connectivity index (χ3v) is 4.98. The first-order valence-electron chi connectivity index (χ1n) is 6.04. The van der Waals surface area contributed by atoms with Gasteiger partial charge in [0.15, 0.2) is 5.82 Å². The van der Waals surface area contributed by atoms with Crippen LogP contribution in [0.3, 0.4) is 0 Å².